The van der Waals surface area contributed by atoms with E-state index < -0.39 is 5.97 Å². The number of nitrogens with zero attached hydrogens (tertiary/aromatic N) is 1. The molecule has 0 spiro atoms. The van der Waals surface area contributed by atoms with Crippen LogP contribution in [0.4, 0.5) is 5.82 Å². The van der Waals surface area contributed by atoms with Gasteiger partial charge in [0, 0.05) is 6.20 Å². The van der Waals surface area contributed by atoms with Gasteiger partial charge in [0.1, 0.15) is 11.6 Å². The van der Waals surface area contributed by atoms with Gasteiger partial charge in [-0.3, -0.25) is 0 Å². The van der Waals surface area contributed by atoms with E-state index in [4.69, 9.17) is 21.1 Å². The molecule has 1 atom stereocenters. The summed E-state index contributed by atoms with van der Waals surface area (Å²) in [5.41, 5.74) is 0.0520. The third-order valence-electron chi connectivity index (χ3n) is 2.41. The number of anilines is 1. The highest BCUT2D eigenvalue weighted by molar-refractivity contribution is 6.33. The van der Waals surface area contributed by atoms with Crippen molar-refractivity contribution in [3.63, 3.8) is 0 Å². The average molecular weight is 267 g/mol. The lowest BCUT2D eigenvalue weighted by Crippen LogP contribution is -2.08. The van der Waals surface area contributed by atoms with Crippen LogP contribution in [-0.4, -0.2) is 16.1 Å². The summed E-state index contributed by atoms with van der Waals surface area (Å²) in [6.07, 6.45) is 2.83. The first-order chi connectivity index (χ1) is 8.58. The van der Waals surface area contributed by atoms with Crippen molar-refractivity contribution in [1.29, 1.82) is 0 Å². The Bertz CT molecular complexity index is 554. The zero-order valence-corrected chi connectivity index (χ0v) is 10.3. The fourth-order valence-corrected chi connectivity index (χ4v) is 1.70. The van der Waals surface area contributed by atoms with Crippen molar-refractivity contribution in [2.45, 2.75) is 13.0 Å². The van der Waals surface area contributed by atoms with E-state index >= 15 is 0 Å². The minimum atomic E-state index is -1.06. The Morgan fingerprint density at radius 1 is 1.61 bits per heavy atom. The predicted octanol–water partition coefficient (Wildman–Crippen LogP) is 3.20. The number of aromatic nitrogens is 1. The molecule has 2 aromatic heterocycles. The van der Waals surface area contributed by atoms with E-state index in [-0.39, 0.29) is 16.6 Å². The Hall–Kier alpha value is -2.01. The molecule has 94 valence electrons. The van der Waals surface area contributed by atoms with Crippen LogP contribution in [0.15, 0.2) is 35.1 Å². The number of carbonyl (C=O) groups is 1. The van der Waals surface area contributed by atoms with Crippen molar-refractivity contribution in [1.82, 2.24) is 4.98 Å². The van der Waals surface area contributed by atoms with Gasteiger partial charge in [0.25, 0.3) is 0 Å². The first-order valence-corrected chi connectivity index (χ1v) is 5.64. The number of aromatic carboxylic acids is 1. The fourth-order valence-electron chi connectivity index (χ4n) is 1.47. The first-order valence-electron chi connectivity index (χ1n) is 5.26. The van der Waals surface area contributed by atoms with Gasteiger partial charge in [-0.1, -0.05) is 11.6 Å². The number of carboxylic acids is 1. The number of pyridine rings is 1. The minimum absolute atomic E-state index is 0.0520. The van der Waals surface area contributed by atoms with Crippen molar-refractivity contribution in [3.8, 4) is 0 Å². The van der Waals surface area contributed by atoms with Gasteiger partial charge in [-0.25, -0.2) is 9.78 Å². The Labute approximate surface area is 108 Å². The number of hydrogen-bond donors (Lipinski definition) is 2. The van der Waals surface area contributed by atoms with Crippen LogP contribution in [0.2, 0.25) is 5.02 Å². The van der Waals surface area contributed by atoms with Gasteiger partial charge >= 0.3 is 5.97 Å². The van der Waals surface area contributed by atoms with Crippen LogP contribution in [0.5, 0.6) is 0 Å². The number of carboxylic acid groups (broad SMARTS) is 1. The topological polar surface area (TPSA) is 75.4 Å². The molecule has 0 amide bonds. The third-order valence-corrected chi connectivity index (χ3v) is 2.70. The summed E-state index contributed by atoms with van der Waals surface area (Å²) in [7, 11) is 0. The van der Waals surface area contributed by atoms with Gasteiger partial charge in [-0.05, 0) is 25.1 Å². The van der Waals surface area contributed by atoms with Gasteiger partial charge in [-0.15, -0.1) is 0 Å². The standard InChI is InChI=1S/C12H11ClN2O3/c1-7(10-3-2-4-18-10)15-11-9(13)5-8(6-14-11)12(16)17/h2-7H,1H3,(H,14,15)(H,16,17). The molecule has 0 aromatic carbocycles. The summed E-state index contributed by atoms with van der Waals surface area (Å²) in [5.74, 6) is 0.107. The second-order valence-corrected chi connectivity index (χ2v) is 4.15. The molecule has 18 heavy (non-hydrogen) atoms. The van der Waals surface area contributed by atoms with E-state index in [1.54, 1.807) is 12.3 Å². The van der Waals surface area contributed by atoms with Gasteiger partial charge in [0.2, 0.25) is 0 Å². The number of nitrogens with one attached hydrogen (secondary N) is 1. The molecule has 1 unspecified atom stereocenters. The molecule has 0 bridgehead atoms. The van der Waals surface area contributed by atoms with Crippen molar-refractivity contribution >= 4 is 23.4 Å². The lowest BCUT2D eigenvalue weighted by atomic mass is 10.2. The third kappa shape index (κ3) is 2.62. The molecule has 2 heterocycles. The largest absolute Gasteiger partial charge is 0.478 e. The lowest BCUT2D eigenvalue weighted by Gasteiger charge is -2.13. The molecule has 0 saturated carbocycles. The van der Waals surface area contributed by atoms with Gasteiger partial charge < -0.3 is 14.8 Å². The number of furan rings is 1. The van der Waals surface area contributed by atoms with Gasteiger partial charge in [-0.2, -0.15) is 0 Å². The Morgan fingerprint density at radius 2 is 2.39 bits per heavy atom. The Kier molecular flexibility index (Phi) is 3.53. The molecule has 0 aliphatic carbocycles. The van der Waals surface area contributed by atoms with Crippen LogP contribution in [0, 0.1) is 0 Å². The van der Waals surface area contributed by atoms with Crippen LogP contribution in [0.1, 0.15) is 29.1 Å². The SMILES string of the molecule is CC(Nc1ncc(C(=O)O)cc1Cl)c1ccco1. The molecular weight excluding hydrogens is 256 g/mol. The van der Waals surface area contributed by atoms with Crippen LogP contribution < -0.4 is 5.32 Å². The summed E-state index contributed by atoms with van der Waals surface area (Å²) in [5, 5.41) is 12.1. The summed E-state index contributed by atoms with van der Waals surface area (Å²) in [6.45, 7) is 1.89. The second-order valence-electron chi connectivity index (χ2n) is 3.74. The van der Waals surface area contributed by atoms with E-state index in [0.29, 0.717) is 5.82 Å². The van der Waals surface area contributed by atoms with Crippen LogP contribution in [-0.2, 0) is 0 Å². The number of hydrogen-bond acceptors (Lipinski definition) is 4. The molecule has 0 radical (unpaired) electrons. The second kappa shape index (κ2) is 5.10. The zero-order chi connectivity index (χ0) is 13.1. The van der Waals surface area contributed by atoms with Crippen molar-refractivity contribution in [2.24, 2.45) is 0 Å². The fraction of sp³-hybridized carbons (Fsp3) is 0.167. The van der Waals surface area contributed by atoms with E-state index in [1.807, 2.05) is 13.0 Å². The maximum Gasteiger partial charge on any atom is 0.337 e. The molecule has 0 saturated heterocycles. The molecule has 2 rings (SSSR count). The van der Waals surface area contributed by atoms with E-state index in [1.165, 1.54) is 12.3 Å². The van der Waals surface area contributed by atoms with Crippen molar-refractivity contribution in [2.75, 3.05) is 5.32 Å². The van der Waals surface area contributed by atoms with Crippen LogP contribution in [0.25, 0.3) is 0 Å². The smallest absolute Gasteiger partial charge is 0.337 e. The number of halogens is 1. The first kappa shape index (κ1) is 12.4. The van der Waals surface area contributed by atoms with E-state index in [2.05, 4.69) is 10.3 Å². The van der Waals surface area contributed by atoms with Crippen molar-refractivity contribution in [3.05, 3.63) is 47.0 Å². The minimum Gasteiger partial charge on any atom is -0.478 e. The quantitative estimate of drug-likeness (QED) is 0.889. The molecular formula is C12H11ClN2O3. The highest BCUT2D eigenvalue weighted by Gasteiger charge is 2.13. The number of rotatable bonds is 4. The van der Waals surface area contributed by atoms with E-state index in [0.717, 1.165) is 5.76 Å². The maximum absolute atomic E-state index is 10.7. The molecule has 0 fully saturated rings. The summed E-state index contributed by atoms with van der Waals surface area (Å²) < 4.78 is 5.24. The summed E-state index contributed by atoms with van der Waals surface area (Å²) in [6, 6.07) is 4.86. The zero-order valence-electron chi connectivity index (χ0n) is 9.55. The molecule has 2 aromatic rings. The molecule has 0 aliphatic rings. The van der Waals surface area contributed by atoms with Crippen LogP contribution in [0.3, 0.4) is 0 Å². The highest BCUT2D eigenvalue weighted by atomic mass is 35.5. The summed E-state index contributed by atoms with van der Waals surface area (Å²) >= 11 is 5.96. The van der Waals surface area contributed by atoms with Crippen LogP contribution >= 0.6 is 11.6 Å². The molecule has 5 nitrogen and oxygen atoms in total. The molecule has 2 N–H and O–H groups in total. The average Bonchev–Trinajstić information content (AvgIpc) is 2.85. The van der Waals surface area contributed by atoms with E-state index in [9.17, 15) is 4.79 Å². The van der Waals surface area contributed by atoms with Gasteiger partial charge in [0.05, 0.1) is 22.9 Å². The Morgan fingerprint density at radius 3 is 2.94 bits per heavy atom. The normalized spacial score (nSPS) is 12.1. The highest BCUT2D eigenvalue weighted by Crippen LogP contribution is 2.25. The summed E-state index contributed by atoms with van der Waals surface area (Å²) in [4.78, 5) is 14.7. The predicted molar refractivity (Wildman–Crippen MR) is 67.0 cm³/mol. The maximum atomic E-state index is 10.7. The van der Waals surface area contributed by atoms with Crippen molar-refractivity contribution < 1.29 is 14.3 Å². The van der Waals surface area contributed by atoms with Gasteiger partial charge in [0.15, 0.2) is 0 Å². The molecule has 6 heteroatoms. The Balaban J connectivity index is 2.17. The monoisotopic (exact) mass is 266 g/mol. The lowest BCUT2D eigenvalue weighted by molar-refractivity contribution is 0.0696. The molecule has 0 aliphatic heterocycles.